The molecule has 0 radical (unpaired) electrons. The van der Waals surface area contributed by atoms with Gasteiger partial charge in [-0.15, -0.1) is 0 Å². The van der Waals surface area contributed by atoms with Gasteiger partial charge >= 0.3 is 0 Å². The number of anilines is 1. The van der Waals surface area contributed by atoms with Crippen LogP contribution in [0, 0.1) is 10.1 Å². The number of aromatic nitrogens is 3. The molecule has 0 spiro atoms. The van der Waals surface area contributed by atoms with Crippen molar-refractivity contribution in [2.45, 2.75) is 6.42 Å². The van der Waals surface area contributed by atoms with Gasteiger partial charge < -0.3 is 14.5 Å². The van der Waals surface area contributed by atoms with Gasteiger partial charge in [-0.2, -0.15) is 0 Å². The molecule has 0 N–H and O–H groups in total. The van der Waals surface area contributed by atoms with E-state index in [1.165, 1.54) is 17.1 Å². The first-order valence-electron chi connectivity index (χ1n) is 11.8. The van der Waals surface area contributed by atoms with Crippen LogP contribution in [0.15, 0.2) is 54.9 Å². The van der Waals surface area contributed by atoms with Crippen molar-refractivity contribution in [1.29, 1.82) is 0 Å². The van der Waals surface area contributed by atoms with Crippen LogP contribution in [0.25, 0.3) is 22.2 Å². The van der Waals surface area contributed by atoms with Gasteiger partial charge in [0.1, 0.15) is 17.3 Å². The lowest BCUT2D eigenvalue weighted by Gasteiger charge is -2.22. The molecular formula is C26H30N6O5S. The zero-order chi connectivity index (χ0) is 27.6. The molecule has 38 heavy (non-hydrogen) atoms. The minimum atomic E-state index is -3.53. The maximum atomic E-state index is 12.4. The number of hydrogen-bond acceptors (Lipinski definition) is 9. The largest absolute Gasteiger partial charge is 0.496 e. The standard InChI is InChI=1S/C26H30N6O5S/c1-29(2)12-13-30(3)23-16-25(37-4)18(14-24(23)32(33)34)15-26-27-11-10-21(28-26)20-17-31(38(5,35)36)22-9-7-6-8-19(20)22/h6-11,14,16-17H,12-13,15H2,1-5H3. The summed E-state index contributed by atoms with van der Waals surface area (Å²) in [5, 5.41) is 12.7. The van der Waals surface area contributed by atoms with Gasteiger partial charge in [-0.05, 0) is 26.2 Å². The van der Waals surface area contributed by atoms with Crippen molar-refractivity contribution in [3.05, 3.63) is 76.4 Å². The van der Waals surface area contributed by atoms with E-state index in [-0.39, 0.29) is 12.1 Å². The molecule has 2 heterocycles. The Bertz CT molecular complexity index is 1600. The number of rotatable bonds is 10. The van der Waals surface area contributed by atoms with E-state index in [0.717, 1.165) is 18.2 Å². The smallest absolute Gasteiger partial charge is 0.293 e. The van der Waals surface area contributed by atoms with E-state index in [4.69, 9.17) is 4.74 Å². The van der Waals surface area contributed by atoms with Gasteiger partial charge in [0.15, 0.2) is 0 Å². The third kappa shape index (κ3) is 5.60. The fourth-order valence-electron chi connectivity index (χ4n) is 4.28. The van der Waals surface area contributed by atoms with Crippen LogP contribution in [-0.4, -0.2) is 79.8 Å². The molecular weight excluding hydrogens is 508 g/mol. The average Bonchev–Trinajstić information content (AvgIpc) is 3.27. The summed E-state index contributed by atoms with van der Waals surface area (Å²) in [5.41, 5.74) is 2.74. The number of methoxy groups -OCH3 is 1. The third-order valence-corrected chi connectivity index (χ3v) is 7.25. The van der Waals surface area contributed by atoms with Crippen LogP contribution < -0.4 is 9.64 Å². The predicted molar refractivity (Wildman–Crippen MR) is 147 cm³/mol. The SMILES string of the molecule is COc1cc(N(C)CCN(C)C)c([N+](=O)[O-])cc1Cc1nccc(-c2cn(S(C)(=O)=O)c3ccccc23)n1. The molecule has 0 saturated carbocycles. The quantitative estimate of drug-likeness (QED) is 0.221. The van der Waals surface area contributed by atoms with Crippen LogP contribution in [-0.2, 0) is 16.4 Å². The molecule has 200 valence electrons. The van der Waals surface area contributed by atoms with Crippen molar-refractivity contribution in [3.8, 4) is 17.0 Å². The van der Waals surface area contributed by atoms with Crippen LogP contribution >= 0.6 is 0 Å². The number of nitro groups is 1. The first-order valence-corrected chi connectivity index (χ1v) is 13.7. The van der Waals surface area contributed by atoms with E-state index in [0.29, 0.717) is 46.1 Å². The summed E-state index contributed by atoms with van der Waals surface area (Å²) in [6, 6.07) is 12.1. The Kier molecular flexibility index (Phi) is 7.65. The summed E-state index contributed by atoms with van der Waals surface area (Å²) >= 11 is 0. The first-order chi connectivity index (χ1) is 18.0. The van der Waals surface area contributed by atoms with Crippen molar-refractivity contribution in [1.82, 2.24) is 18.8 Å². The van der Waals surface area contributed by atoms with Crippen LogP contribution in [0.1, 0.15) is 11.4 Å². The van der Waals surface area contributed by atoms with Gasteiger partial charge in [-0.3, -0.25) is 10.1 Å². The molecule has 0 fully saturated rings. The van der Waals surface area contributed by atoms with E-state index in [2.05, 4.69) is 9.97 Å². The predicted octanol–water partition coefficient (Wildman–Crippen LogP) is 3.41. The number of benzene rings is 2. The molecule has 0 unspecified atom stereocenters. The number of para-hydroxylation sites is 1. The summed E-state index contributed by atoms with van der Waals surface area (Å²) in [6.45, 7) is 1.33. The second-order valence-electron chi connectivity index (χ2n) is 9.29. The van der Waals surface area contributed by atoms with Gasteiger partial charge in [-0.1, -0.05) is 18.2 Å². The van der Waals surface area contributed by atoms with E-state index in [1.54, 1.807) is 36.7 Å². The van der Waals surface area contributed by atoms with Crippen molar-refractivity contribution in [2.24, 2.45) is 0 Å². The van der Waals surface area contributed by atoms with E-state index in [9.17, 15) is 18.5 Å². The Morgan fingerprint density at radius 1 is 1.11 bits per heavy atom. The molecule has 0 aliphatic rings. The first kappa shape index (κ1) is 27.0. The molecule has 4 aromatic rings. The highest BCUT2D eigenvalue weighted by Crippen LogP contribution is 2.36. The second kappa shape index (κ2) is 10.8. The molecule has 0 amide bonds. The highest BCUT2D eigenvalue weighted by atomic mass is 32.2. The highest BCUT2D eigenvalue weighted by Gasteiger charge is 2.23. The maximum Gasteiger partial charge on any atom is 0.293 e. The molecule has 0 atom stereocenters. The number of likely N-dealkylation sites (N-methyl/N-ethyl adjacent to an activating group) is 2. The van der Waals surface area contributed by atoms with Gasteiger partial charge in [0, 0.05) is 67.6 Å². The molecule has 0 saturated heterocycles. The number of nitro benzene ring substituents is 1. The lowest BCUT2D eigenvalue weighted by atomic mass is 10.1. The van der Waals surface area contributed by atoms with E-state index in [1.807, 2.05) is 43.1 Å². The lowest BCUT2D eigenvalue weighted by molar-refractivity contribution is -0.384. The number of ether oxygens (including phenoxy) is 1. The molecule has 4 rings (SSSR count). The van der Waals surface area contributed by atoms with E-state index >= 15 is 0 Å². The van der Waals surface area contributed by atoms with Gasteiger partial charge in [0.25, 0.3) is 5.69 Å². The number of hydrogen-bond donors (Lipinski definition) is 0. The van der Waals surface area contributed by atoms with Crippen LogP contribution in [0.3, 0.4) is 0 Å². The zero-order valence-electron chi connectivity index (χ0n) is 22.0. The Labute approximate surface area is 221 Å². The van der Waals surface area contributed by atoms with Crippen molar-refractivity contribution < 1.29 is 18.1 Å². The normalized spacial score (nSPS) is 11.7. The molecule has 0 bridgehead atoms. The fourth-order valence-corrected chi connectivity index (χ4v) is 5.10. The van der Waals surface area contributed by atoms with Crippen molar-refractivity contribution in [3.63, 3.8) is 0 Å². The van der Waals surface area contributed by atoms with Crippen LogP contribution in [0.4, 0.5) is 11.4 Å². The van der Waals surface area contributed by atoms with Crippen molar-refractivity contribution in [2.75, 3.05) is 52.5 Å². The maximum absolute atomic E-state index is 12.4. The Morgan fingerprint density at radius 2 is 1.84 bits per heavy atom. The molecule has 11 nitrogen and oxygen atoms in total. The summed E-state index contributed by atoms with van der Waals surface area (Å²) in [5.74, 6) is 0.907. The summed E-state index contributed by atoms with van der Waals surface area (Å²) < 4.78 is 31.6. The summed E-state index contributed by atoms with van der Waals surface area (Å²) in [7, 11) is 3.69. The van der Waals surface area contributed by atoms with Gasteiger partial charge in [0.05, 0.1) is 29.5 Å². The topological polar surface area (TPSA) is 124 Å². The average molecular weight is 539 g/mol. The zero-order valence-corrected chi connectivity index (χ0v) is 22.8. The number of fused-ring (bicyclic) bond motifs is 1. The molecule has 0 aliphatic carbocycles. The number of nitrogens with zero attached hydrogens (tertiary/aromatic N) is 6. The Morgan fingerprint density at radius 3 is 2.50 bits per heavy atom. The third-order valence-electron chi connectivity index (χ3n) is 6.23. The molecule has 12 heteroatoms. The Hall–Kier alpha value is -4.03. The molecule has 0 aliphatic heterocycles. The van der Waals surface area contributed by atoms with Crippen molar-refractivity contribution >= 4 is 32.3 Å². The van der Waals surface area contributed by atoms with Crippen LogP contribution in [0.2, 0.25) is 0 Å². The van der Waals surface area contributed by atoms with Gasteiger partial charge in [-0.25, -0.2) is 22.4 Å². The summed E-state index contributed by atoms with van der Waals surface area (Å²) in [6.07, 6.45) is 4.48. The van der Waals surface area contributed by atoms with Gasteiger partial charge in [0.2, 0.25) is 10.0 Å². The lowest BCUT2D eigenvalue weighted by Crippen LogP contribution is -2.29. The van der Waals surface area contributed by atoms with E-state index < -0.39 is 14.9 Å². The minimum Gasteiger partial charge on any atom is -0.496 e. The highest BCUT2D eigenvalue weighted by molar-refractivity contribution is 7.89. The van der Waals surface area contributed by atoms with Crippen LogP contribution in [0.5, 0.6) is 5.75 Å². The molecule has 2 aromatic heterocycles. The summed E-state index contributed by atoms with van der Waals surface area (Å²) in [4.78, 5) is 24.5. The molecule has 2 aromatic carbocycles. The fraction of sp³-hybridized carbons (Fsp3) is 0.308. The monoisotopic (exact) mass is 538 g/mol. The minimum absolute atomic E-state index is 0.0329. The Balaban J connectivity index is 1.74. The second-order valence-corrected chi connectivity index (χ2v) is 11.1.